The third-order valence-electron chi connectivity index (χ3n) is 4.07. The van der Waals surface area contributed by atoms with E-state index < -0.39 is 10.0 Å². The van der Waals surface area contributed by atoms with E-state index in [0.29, 0.717) is 17.8 Å². The Kier molecular flexibility index (Phi) is 6.43. The summed E-state index contributed by atoms with van der Waals surface area (Å²) >= 11 is 3.15. The van der Waals surface area contributed by atoms with Crippen LogP contribution in [-0.2, 0) is 16.6 Å². The van der Waals surface area contributed by atoms with Gasteiger partial charge in [0.15, 0.2) is 0 Å². The second-order valence-corrected chi connectivity index (χ2v) is 9.69. The maximum Gasteiger partial charge on any atom is 0.261 e. The van der Waals surface area contributed by atoms with E-state index in [9.17, 15) is 13.2 Å². The number of carbonyl (C=O) groups is 1. The molecule has 146 valence electrons. The molecule has 1 aromatic heterocycles. The fourth-order valence-corrected chi connectivity index (χ4v) is 4.80. The number of hydrogen-bond acceptors (Lipinski definition) is 5. The molecule has 28 heavy (non-hydrogen) atoms. The fourth-order valence-electron chi connectivity index (χ4n) is 2.58. The normalized spacial score (nSPS) is 11.2. The van der Waals surface area contributed by atoms with Crippen molar-refractivity contribution in [2.75, 3.05) is 18.0 Å². The van der Waals surface area contributed by atoms with Crippen LogP contribution in [0.2, 0.25) is 0 Å². The number of hydrogen-bond donors (Lipinski definition) is 1. The van der Waals surface area contributed by atoms with Gasteiger partial charge in [-0.15, -0.1) is 23.1 Å². The van der Waals surface area contributed by atoms with E-state index in [1.54, 1.807) is 83.6 Å². The highest BCUT2D eigenvalue weighted by Crippen LogP contribution is 2.21. The van der Waals surface area contributed by atoms with Crippen molar-refractivity contribution >= 4 is 44.7 Å². The molecular formula is C20H20N2O3S3. The fraction of sp³-hybridized carbons (Fsp3) is 0.150. The van der Waals surface area contributed by atoms with E-state index in [2.05, 4.69) is 4.72 Å². The quantitative estimate of drug-likeness (QED) is 0.557. The van der Waals surface area contributed by atoms with E-state index in [-0.39, 0.29) is 10.8 Å². The zero-order chi connectivity index (χ0) is 20.1. The molecule has 8 heteroatoms. The monoisotopic (exact) mass is 432 g/mol. The first kappa shape index (κ1) is 20.4. The second kappa shape index (κ2) is 8.81. The number of carbonyl (C=O) groups excluding carboxylic acids is 1. The molecule has 0 radical (unpaired) electrons. The molecule has 0 bridgehead atoms. The van der Waals surface area contributed by atoms with Crippen molar-refractivity contribution in [1.82, 2.24) is 4.90 Å². The average molecular weight is 433 g/mol. The Bertz CT molecular complexity index is 1030. The van der Waals surface area contributed by atoms with Gasteiger partial charge in [-0.3, -0.25) is 9.52 Å². The summed E-state index contributed by atoms with van der Waals surface area (Å²) in [5.74, 6) is -0.115. The van der Waals surface area contributed by atoms with Crippen molar-refractivity contribution in [3.63, 3.8) is 0 Å². The van der Waals surface area contributed by atoms with Crippen LogP contribution in [-0.4, -0.2) is 32.5 Å². The first-order valence-electron chi connectivity index (χ1n) is 8.44. The number of nitrogens with zero attached hydrogens (tertiary/aromatic N) is 1. The summed E-state index contributed by atoms with van der Waals surface area (Å²) in [4.78, 5) is 16.5. The lowest BCUT2D eigenvalue weighted by Gasteiger charge is -2.16. The number of amides is 1. The van der Waals surface area contributed by atoms with Crippen LogP contribution in [0, 0.1) is 0 Å². The molecular weight excluding hydrogens is 412 g/mol. The zero-order valence-electron chi connectivity index (χ0n) is 15.5. The molecule has 0 unspecified atom stereocenters. The Balaban J connectivity index is 1.68. The first-order valence-corrected chi connectivity index (χ1v) is 12.0. The van der Waals surface area contributed by atoms with Crippen molar-refractivity contribution in [3.05, 3.63) is 76.5 Å². The highest BCUT2D eigenvalue weighted by atomic mass is 32.2. The van der Waals surface area contributed by atoms with Crippen LogP contribution >= 0.6 is 23.1 Å². The number of benzene rings is 2. The molecule has 0 aliphatic carbocycles. The minimum atomic E-state index is -3.68. The number of thiophene rings is 1. The Morgan fingerprint density at radius 1 is 1.07 bits per heavy atom. The molecule has 2 aromatic carbocycles. The van der Waals surface area contributed by atoms with Crippen molar-refractivity contribution in [3.8, 4) is 0 Å². The van der Waals surface area contributed by atoms with Gasteiger partial charge in [0.1, 0.15) is 0 Å². The number of rotatable bonds is 7. The molecule has 3 rings (SSSR count). The van der Waals surface area contributed by atoms with Gasteiger partial charge < -0.3 is 4.90 Å². The van der Waals surface area contributed by atoms with Crippen molar-refractivity contribution in [2.24, 2.45) is 0 Å². The third-order valence-corrected chi connectivity index (χ3v) is 7.08. The molecule has 0 saturated carbocycles. The van der Waals surface area contributed by atoms with Gasteiger partial charge in [0, 0.05) is 28.1 Å². The van der Waals surface area contributed by atoms with E-state index in [1.165, 1.54) is 0 Å². The molecule has 0 saturated heterocycles. The molecule has 0 atom stereocenters. The van der Waals surface area contributed by atoms with Crippen LogP contribution in [0.4, 0.5) is 5.69 Å². The van der Waals surface area contributed by atoms with Gasteiger partial charge in [0.25, 0.3) is 15.9 Å². The molecule has 0 aliphatic heterocycles. The average Bonchev–Trinajstić information content (AvgIpc) is 3.21. The predicted octanol–water partition coefficient (Wildman–Crippen LogP) is 4.54. The van der Waals surface area contributed by atoms with Gasteiger partial charge in [-0.2, -0.15) is 0 Å². The zero-order valence-corrected chi connectivity index (χ0v) is 17.9. The number of anilines is 1. The van der Waals surface area contributed by atoms with Crippen LogP contribution in [0.5, 0.6) is 0 Å². The van der Waals surface area contributed by atoms with E-state index >= 15 is 0 Å². The van der Waals surface area contributed by atoms with Gasteiger partial charge >= 0.3 is 0 Å². The molecule has 3 aromatic rings. The summed E-state index contributed by atoms with van der Waals surface area (Å²) in [7, 11) is -1.93. The van der Waals surface area contributed by atoms with Crippen molar-refractivity contribution < 1.29 is 13.2 Å². The first-order chi connectivity index (χ1) is 13.4. The highest BCUT2D eigenvalue weighted by Gasteiger charge is 2.16. The maximum absolute atomic E-state index is 12.5. The molecule has 0 aliphatic rings. The SMILES string of the molecule is CSc1ccc(S(=O)(=O)Nc2ccc(C(=O)N(C)Cc3cccs3)cc2)cc1. The number of nitrogens with one attached hydrogen (secondary N) is 1. The lowest BCUT2D eigenvalue weighted by Crippen LogP contribution is -2.25. The van der Waals surface area contributed by atoms with Gasteiger partial charge in [0.2, 0.25) is 0 Å². The van der Waals surface area contributed by atoms with E-state index in [0.717, 1.165) is 9.77 Å². The summed E-state index contributed by atoms with van der Waals surface area (Å²) in [6.45, 7) is 0.539. The summed E-state index contributed by atoms with van der Waals surface area (Å²) in [5.41, 5.74) is 0.915. The smallest absolute Gasteiger partial charge is 0.261 e. The van der Waals surface area contributed by atoms with Crippen LogP contribution in [0.15, 0.2) is 75.8 Å². The van der Waals surface area contributed by atoms with Gasteiger partial charge in [0.05, 0.1) is 11.4 Å². The summed E-state index contributed by atoms with van der Waals surface area (Å²) in [6.07, 6.45) is 1.93. The standard InChI is InChI=1S/C20H20N2O3S3/c1-22(14-18-4-3-13-27-18)20(23)15-5-7-16(8-6-15)21-28(24,25)19-11-9-17(26-2)10-12-19/h3-13,21H,14H2,1-2H3. The predicted molar refractivity (Wildman–Crippen MR) is 116 cm³/mol. The largest absolute Gasteiger partial charge is 0.337 e. The summed E-state index contributed by atoms with van der Waals surface area (Å²) < 4.78 is 27.6. The van der Waals surface area contributed by atoms with Crippen molar-refractivity contribution in [1.29, 1.82) is 0 Å². The molecule has 0 fully saturated rings. The van der Waals surface area contributed by atoms with Gasteiger partial charge in [-0.1, -0.05) is 6.07 Å². The molecule has 1 amide bonds. The third kappa shape index (κ3) is 4.95. The summed E-state index contributed by atoms with van der Waals surface area (Å²) in [6, 6.07) is 17.1. The summed E-state index contributed by atoms with van der Waals surface area (Å²) in [5, 5.41) is 1.98. The molecule has 1 heterocycles. The van der Waals surface area contributed by atoms with Crippen LogP contribution < -0.4 is 4.72 Å². The lowest BCUT2D eigenvalue weighted by molar-refractivity contribution is 0.0786. The second-order valence-electron chi connectivity index (χ2n) is 6.10. The van der Waals surface area contributed by atoms with E-state index in [4.69, 9.17) is 0 Å². The van der Waals surface area contributed by atoms with Crippen LogP contribution in [0.3, 0.4) is 0 Å². The van der Waals surface area contributed by atoms with Crippen molar-refractivity contribution in [2.45, 2.75) is 16.3 Å². The minimum Gasteiger partial charge on any atom is -0.337 e. The number of thioether (sulfide) groups is 1. The number of sulfonamides is 1. The van der Waals surface area contributed by atoms with Crippen LogP contribution in [0.25, 0.3) is 0 Å². The Morgan fingerprint density at radius 3 is 2.32 bits per heavy atom. The maximum atomic E-state index is 12.5. The lowest BCUT2D eigenvalue weighted by atomic mass is 10.2. The van der Waals surface area contributed by atoms with Gasteiger partial charge in [-0.25, -0.2) is 8.42 Å². The molecule has 5 nitrogen and oxygen atoms in total. The van der Waals surface area contributed by atoms with Gasteiger partial charge in [-0.05, 0) is 66.2 Å². The Morgan fingerprint density at radius 2 is 1.75 bits per heavy atom. The molecule has 0 spiro atoms. The topological polar surface area (TPSA) is 66.5 Å². The highest BCUT2D eigenvalue weighted by molar-refractivity contribution is 7.98. The minimum absolute atomic E-state index is 0.115. The van der Waals surface area contributed by atoms with E-state index in [1.807, 2.05) is 23.8 Å². The molecule has 1 N–H and O–H groups in total. The van der Waals surface area contributed by atoms with Crippen LogP contribution in [0.1, 0.15) is 15.2 Å². The Hall–Kier alpha value is -2.29. The Labute approximate surface area is 173 Å².